The maximum atomic E-state index is 13.1. The molecule has 5 rings (SSSR count). The molecule has 0 atom stereocenters. The molecule has 0 bridgehead atoms. The minimum Gasteiger partial charge on any atom is -0.422 e. The van der Waals surface area contributed by atoms with E-state index in [1.165, 1.54) is 0 Å². The highest BCUT2D eigenvalue weighted by atomic mass is 79.9. The van der Waals surface area contributed by atoms with E-state index in [4.69, 9.17) is 4.42 Å². The summed E-state index contributed by atoms with van der Waals surface area (Å²) < 4.78 is 6.73. The van der Waals surface area contributed by atoms with Crippen LogP contribution in [0.15, 0.2) is 51.6 Å². The smallest absolute Gasteiger partial charge is 0.300 e. The van der Waals surface area contributed by atoms with Gasteiger partial charge < -0.3 is 19.2 Å². The van der Waals surface area contributed by atoms with Gasteiger partial charge in [0.25, 0.3) is 11.9 Å². The van der Waals surface area contributed by atoms with Gasteiger partial charge in [-0.25, -0.2) is 9.97 Å². The van der Waals surface area contributed by atoms with Gasteiger partial charge in [-0.05, 0) is 37.3 Å². The Kier molecular flexibility index (Phi) is 4.74. The first kappa shape index (κ1) is 18.8. The second kappa shape index (κ2) is 7.56. The fraction of sp³-hybridized carbons (Fsp3) is 0.238. The fourth-order valence-corrected chi connectivity index (χ4v) is 4.01. The summed E-state index contributed by atoms with van der Waals surface area (Å²) in [5, 5.41) is 0. The van der Waals surface area contributed by atoms with Gasteiger partial charge in [0.15, 0.2) is 5.58 Å². The number of carbonyl (C=O) groups is 1. The van der Waals surface area contributed by atoms with Crippen LogP contribution in [0, 0.1) is 6.92 Å². The summed E-state index contributed by atoms with van der Waals surface area (Å²) in [5.74, 6) is 0.728. The predicted octanol–water partition coefficient (Wildman–Crippen LogP) is 3.65. The summed E-state index contributed by atoms with van der Waals surface area (Å²) >= 11 is 3.54. The van der Waals surface area contributed by atoms with Crippen molar-refractivity contribution < 1.29 is 9.21 Å². The average Bonchev–Trinajstić information content (AvgIpc) is 3.43. The molecule has 152 valence electrons. The molecule has 8 nitrogen and oxygen atoms in total. The first-order valence-corrected chi connectivity index (χ1v) is 10.5. The third kappa shape index (κ3) is 3.45. The number of hydrogen-bond donors (Lipinski definition) is 1. The zero-order valence-corrected chi connectivity index (χ0v) is 17.9. The SMILES string of the molecule is Cc1ccc2oc(N3CCN(C(=O)c4ccc(Br)c(-c5ncc[nH]5)c4)CC3)nc2n1. The highest BCUT2D eigenvalue weighted by Crippen LogP contribution is 2.28. The molecule has 9 heteroatoms. The van der Waals surface area contributed by atoms with Crippen molar-refractivity contribution in [3.8, 4) is 11.4 Å². The molecule has 3 aromatic heterocycles. The van der Waals surface area contributed by atoms with E-state index < -0.39 is 0 Å². The molecule has 4 heterocycles. The molecule has 30 heavy (non-hydrogen) atoms. The van der Waals surface area contributed by atoms with E-state index in [0.717, 1.165) is 21.6 Å². The molecule has 1 amide bonds. The van der Waals surface area contributed by atoms with Gasteiger partial charge in [0, 0.05) is 59.9 Å². The Morgan fingerprint density at radius 2 is 1.97 bits per heavy atom. The Hall–Kier alpha value is -3.20. The molecule has 1 aliphatic rings. The number of pyridine rings is 1. The first-order valence-electron chi connectivity index (χ1n) is 9.66. The van der Waals surface area contributed by atoms with Crippen LogP contribution in [0.2, 0.25) is 0 Å². The van der Waals surface area contributed by atoms with Crippen LogP contribution < -0.4 is 4.90 Å². The molecule has 0 saturated carbocycles. The minimum absolute atomic E-state index is 0.00446. The monoisotopic (exact) mass is 466 g/mol. The van der Waals surface area contributed by atoms with Crippen molar-refractivity contribution in [2.45, 2.75) is 6.92 Å². The summed E-state index contributed by atoms with van der Waals surface area (Å²) in [6.45, 7) is 4.42. The average molecular weight is 467 g/mol. The van der Waals surface area contributed by atoms with Crippen molar-refractivity contribution in [3.63, 3.8) is 0 Å². The van der Waals surface area contributed by atoms with Crippen LogP contribution in [0.3, 0.4) is 0 Å². The molecule has 1 saturated heterocycles. The summed E-state index contributed by atoms with van der Waals surface area (Å²) in [6.07, 6.45) is 3.46. The van der Waals surface area contributed by atoms with Crippen molar-refractivity contribution in [2.75, 3.05) is 31.1 Å². The van der Waals surface area contributed by atoms with Gasteiger partial charge in [-0.1, -0.05) is 15.9 Å². The fourth-order valence-electron chi connectivity index (χ4n) is 3.57. The lowest BCUT2D eigenvalue weighted by atomic mass is 10.1. The molecule has 0 spiro atoms. The number of H-pyrrole nitrogens is 1. The lowest BCUT2D eigenvalue weighted by molar-refractivity contribution is 0.0745. The molecule has 4 aromatic rings. The van der Waals surface area contributed by atoms with E-state index in [2.05, 4.69) is 40.8 Å². The number of carbonyl (C=O) groups excluding carboxylic acids is 1. The van der Waals surface area contributed by atoms with Crippen LogP contribution in [0.25, 0.3) is 22.6 Å². The maximum absolute atomic E-state index is 13.1. The number of oxazole rings is 1. The van der Waals surface area contributed by atoms with Gasteiger partial charge in [-0.2, -0.15) is 4.98 Å². The number of anilines is 1. The molecule has 1 aromatic carbocycles. The second-order valence-electron chi connectivity index (χ2n) is 7.18. The van der Waals surface area contributed by atoms with Crippen LogP contribution in [0.5, 0.6) is 0 Å². The number of aromatic nitrogens is 4. The van der Waals surface area contributed by atoms with Crippen molar-refractivity contribution in [2.24, 2.45) is 0 Å². The maximum Gasteiger partial charge on any atom is 0.300 e. The van der Waals surface area contributed by atoms with E-state index >= 15 is 0 Å². The van der Waals surface area contributed by atoms with Crippen LogP contribution in [0.1, 0.15) is 16.1 Å². The number of hydrogen-bond acceptors (Lipinski definition) is 6. The number of rotatable bonds is 3. The van der Waals surface area contributed by atoms with Crippen molar-refractivity contribution in [1.29, 1.82) is 0 Å². The van der Waals surface area contributed by atoms with Gasteiger partial charge in [-0.3, -0.25) is 4.79 Å². The van der Waals surface area contributed by atoms with Crippen LogP contribution in [0.4, 0.5) is 6.01 Å². The number of nitrogens with zero attached hydrogens (tertiary/aromatic N) is 5. The number of imidazole rings is 1. The number of aryl methyl sites for hydroxylation is 1. The number of fused-ring (bicyclic) bond motifs is 1. The van der Waals surface area contributed by atoms with Crippen LogP contribution in [-0.4, -0.2) is 56.9 Å². The van der Waals surface area contributed by atoms with Gasteiger partial charge in [0.05, 0.1) is 0 Å². The molecular weight excluding hydrogens is 448 g/mol. The number of piperazine rings is 1. The Bertz CT molecular complexity index is 1210. The Labute approximate surface area is 181 Å². The number of benzene rings is 1. The van der Waals surface area contributed by atoms with E-state index in [-0.39, 0.29) is 5.91 Å². The predicted molar refractivity (Wildman–Crippen MR) is 116 cm³/mol. The van der Waals surface area contributed by atoms with Crippen LogP contribution >= 0.6 is 15.9 Å². The van der Waals surface area contributed by atoms with Gasteiger partial charge >= 0.3 is 0 Å². The zero-order chi connectivity index (χ0) is 20.7. The largest absolute Gasteiger partial charge is 0.422 e. The molecule has 1 aliphatic heterocycles. The lowest BCUT2D eigenvalue weighted by Gasteiger charge is -2.33. The van der Waals surface area contributed by atoms with Gasteiger partial charge in [0.2, 0.25) is 5.65 Å². The molecule has 1 fully saturated rings. The third-order valence-corrected chi connectivity index (χ3v) is 5.88. The normalized spacial score (nSPS) is 14.5. The zero-order valence-electron chi connectivity index (χ0n) is 16.3. The van der Waals surface area contributed by atoms with Crippen molar-refractivity contribution >= 4 is 39.1 Å². The van der Waals surface area contributed by atoms with Crippen molar-refractivity contribution in [1.82, 2.24) is 24.8 Å². The first-order chi connectivity index (χ1) is 14.6. The number of halogens is 1. The number of nitrogens with one attached hydrogen (secondary N) is 1. The van der Waals surface area contributed by atoms with Crippen LogP contribution in [-0.2, 0) is 0 Å². The summed E-state index contributed by atoms with van der Waals surface area (Å²) in [4.78, 5) is 33.3. The Morgan fingerprint density at radius 1 is 1.13 bits per heavy atom. The Morgan fingerprint density at radius 3 is 2.73 bits per heavy atom. The standard InChI is InChI=1S/C21H19BrN6O2/c1-13-2-5-17-19(25-13)26-21(30-17)28-10-8-27(9-11-28)20(29)14-3-4-16(22)15(12-14)18-23-6-7-24-18/h2-7,12H,8-11H2,1H3,(H,23,24). The number of amides is 1. The quantitative estimate of drug-likeness (QED) is 0.495. The molecule has 0 unspecified atom stereocenters. The van der Waals surface area contributed by atoms with Crippen molar-refractivity contribution in [3.05, 3.63) is 58.5 Å². The van der Waals surface area contributed by atoms with E-state index in [0.29, 0.717) is 49.0 Å². The highest BCUT2D eigenvalue weighted by molar-refractivity contribution is 9.10. The van der Waals surface area contributed by atoms with Gasteiger partial charge in [0.1, 0.15) is 5.82 Å². The third-order valence-electron chi connectivity index (χ3n) is 5.19. The summed E-state index contributed by atoms with van der Waals surface area (Å²) in [5.41, 5.74) is 3.69. The lowest BCUT2D eigenvalue weighted by Crippen LogP contribution is -2.48. The summed E-state index contributed by atoms with van der Waals surface area (Å²) in [7, 11) is 0. The van der Waals surface area contributed by atoms with E-state index in [1.807, 2.05) is 42.2 Å². The second-order valence-corrected chi connectivity index (χ2v) is 8.04. The van der Waals surface area contributed by atoms with E-state index in [9.17, 15) is 4.79 Å². The molecular formula is C21H19BrN6O2. The van der Waals surface area contributed by atoms with E-state index in [1.54, 1.807) is 12.4 Å². The topological polar surface area (TPSA) is 91.2 Å². The molecule has 1 N–H and O–H groups in total. The summed E-state index contributed by atoms with van der Waals surface area (Å²) in [6, 6.07) is 9.93. The Balaban J connectivity index is 1.30. The minimum atomic E-state index is 0.00446. The van der Waals surface area contributed by atoms with Gasteiger partial charge in [-0.15, -0.1) is 0 Å². The number of aromatic amines is 1. The molecule has 0 aliphatic carbocycles. The molecule has 0 radical (unpaired) electrons. The highest BCUT2D eigenvalue weighted by Gasteiger charge is 2.25.